The van der Waals surface area contributed by atoms with Crippen LogP contribution in [0.25, 0.3) is 0 Å². The van der Waals surface area contributed by atoms with Gasteiger partial charge in [-0.15, -0.1) is 0 Å². The van der Waals surface area contributed by atoms with Crippen LogP contribution < -0.4 is 5.32 Å². The summed E-state index contributed by atoms with van der Waals surface area (Å²) in [5.41, 5.74) is 0.696. The molecule has 3 aromatic carbocycles. The summed E-state index contributed by atoms with van der Waals surface area (Å²) in [6, 6.07) is 18.6. The summed E-state index contributed by atoms with van der Waals surface area (Å²) in [5.74, 6) is -1.03. The average Bonchev–Trinajstić information content (AvgIpc) is 3.29. The minimum atomic E-state index is -4.50. The van der Waals surface area contributed by atoms with Crippen LogP contribution in [0, 0.1) is 12.7 Å². The smallest absolute Gasteiger partial charge is 0.416 e. The van der Waals surface area contributed by atoms with Gasteiger partial charge >= 0.3 is 12.3 Å². The minimum absolute atomic E-state index is 0.0369. The van der Waals surface area contributed by atoms with Crippen molar-refractivity contribution in [1.29, 1.82) is 0 Å². The third kappa shape index (κ3) is 7.01. The second kappa shape index (κ2) is 12.0. The highest BCUT2D eigenvalue weighted by molar-refractivity contribution is 5.81. The number of alkyl carbamates (subject to hydrolysis) is 1. The van der Waals surface area contributed by atoms with Gasteiger partial charge < -0.3 is 19.7 Å². The van der Waals surface area contributed by atoms with Gasteiger partial charge in [0.05, 0.1) is 23.3 Å². The number of ether oxygens (including phenoxy) is 2. The molecule has 228 valence electrons. The fraction of sp³-hybridized carbons (Fsp3) is 0.394. The first kappa shape index (κ1) is 30.5. The maximum Gasteiger partial charge on any atom is 0.416 e. The first-order chi connectivity index (χ1) is 20.3. The zero-order valence-electron chi connectivity index (χ0n) is 24.2. The Hall–Kier alpha value is -3.92. The van der Waals surface area contributed by atoms with Crippen molar-refractivity contribution in [2.24, 2.45) is 0 Å². The summed E-state index contributed by atoms with van der Waals surface area (Å²) < 4.78 is 66.3. The molecule has 43 heavy (non-hydrogen) atoms. The monoisotopic (exact) mass is 598 g/mol. The third-order valence-corrected chi connectivity index (χ3v) is 8.26. The van der Waals surface area contributed by atoms with Gasteiger partial charge in [0.25, 0.3) is 0 Å². The molecule has 5 atom stereocenters. The molecule has 2 saturated heterocycles. The zero-order valence-corrected chi connectivity index (χ0v) is 24.2. The molecular weight excluding hydrogens is 564 g/mol. The summed E-state index contributed by atoms with van der Waals surface area (Å²) in [4.78, 5) is 28.0. The van der Waals surface area contributed by atoms with E-state index < -0.39 is 53.4 Å². The number of aryl methyl sites for hydroxylation is 1. The van der Waals surface area contributed by atoms with Crippen molar-refractivity contribution in [2.45, 2.75) is 76.1 Å². The van der Waals surface area contributed by atoms with Gasteiger partial charge in [0.1, 0.15) is 12.4 Å². The molecule has 0 saturated carbocycles. The van der Waals surface area contributed by atoms with E-state index in [-0.39, 0.29) is 25.5 Å². The Morgan fingerprint density at radius 3 is 2.47 bits per heavy atom. The Bertz CT molecular complexity index is 1460. The van der Waals surface area contributed by atoms with Crippen molar-refractivity contribution in [2.75, 3.05) is 6.54 Å². The van der Waals surface area contributed by atoms with Crippen molar-refractivity contribution < 1.29 is 36.6 Å². The molecule has 2 aliphatic rings. The van der Waals surface area contributed by atoms with Crippen LogP contribution in [0.15, 0.2) is 72.8 Å². The van der Waals surface area contributed by atoms with E-state index >= 15 is 0 Å². The van der Waals surface area contributed by atoms with Crippen molar-refractivity contribution in [1.82, 2.24) is 10.2 Å². The minimum Gasteiger partial charge on any atom is -0.445 e. The number of nitrogens with zero attached hydrogens (tertiary/aromatic N) is 1. The summed E-state index contributed by atoms with van der Waals surface area (Å²) >= 11 is 0. The van der Waals surface area contributed by atoms with Gasteiger partial charge in [0.2, 0.25) is 5.91 Å². The number of benzene rings is 3. The van der Waals surface area contributed by atoms with E-state index in [4.69, 9.17) is 9.47 Å². The number of halogens is 4. The number of hydrogen-bond donors (Lipinski definition) is 1. The second-order valence-corrected chi connectivity index (χ2v) is 11.8. The van der Waals surface area contributed by atoms with E-state index in [0.29, 0.717) is 17.5 Å². The van der Waals surface area contributed by atoms with E-state index in [1.807, 2.05) is 30.3 Å². The highest BCUT2D eigenvalue weighted by atomic mass is 19.4. The Kier molecular flexibility index (Phi) is 8.51. The molecule has 0 radical (unpaired) electrons. The SMILES string of the molecule is Cc1cc([C@@H](C)O[C@H]2CN3C(=O)CC(C)(NC(=O)OCc4ccccc4)CC3[C@@H]2c2ccc(F)cc2)cc(C(F)(F)F)c1. The molecule has 0 aromatic heterocycles. The van der Waals surface area contributed by atoms with Crippen LogP contribution in [-0.4, -0.2) is 41.1 Å². The van der Waals surface area contributed by atoms with Gasteiger partial charge in [-0.2, -0.15) is 13.2 Å². The van der Waals surface area contributed by atoms with Crippen LogP contribution in [0.1, 0.15) is 66.5 Å². The Morgan fingerprint density at radius 1 is 1.09 bits per heavy atom. The van der Waals surface area contributed by atoms with Crippen LogP contribution in [0.4, 0.5) is 22.4 Å². The number of amides is 2. The van der Waals surface area contributed by atoms with E-state index in [1.54, 1.807) is 43.9 Å². The van der Waals surface area contributed by atoms with Crippen LogP contribution >= 0.6 is 0 Å². The first-order valence-corrected chi connectivity index (χ1v) is 14.2. The normalized spacial score (nSPS) is 24.4. The first-order valence-electron chi connectivity index (χ1n) is 14.2. The zero-order chi connectivity index (χ0) is 30.9. The van der Waals surface area contributed by atoms with Crippen LogP contribution in [0.3, 0.4) is 0 Å². The molecule has 0 spiro atoms. The number of piperidine rings is 1. The fourth-order valence-electron chi connectivity index (χ4n) is 6.28. The lowest BCUT2D eigenvalue weighted by molar-refractivity contribution is -0.138. The molecule has 2 aliphatic heterocycles. The van der Waals surface area contributed by atoms with Crippen molar-refractivity contribution in [3.63, 3.8) is 0 Å². The average molecular weight is 599 g/mol. The number of alkyl halides is 3. The molecule has 0 bridgehead atoms. The summed E-state index contributed by atoms with van der Waals surface area (Å²) in [5, 5.41) is 2.88. The van der Waals surface area contributed by atoms with Gasteiger partial charge in [0.15, 0.2) is 0 Å². The molecule has 5 rings (SSSR count). The van der Waals surface area contributed by atoms with E-state index in [2.05, 4.69) is 5.32 Å². The van der Waals surface area contributed by atoms with E-state index in [1.165, 1.54) is 12.1 Å². The van der Waals surface area contributed by atoms with E-state index in [9.17, 15) is 27.2 Å². The van der Waals surface area contributed by atoms with Crippen molar-refractivity contribution in [3.05, 3.63) is 106 Å². The maximum atomic E-state index is 13.9. The van der Waals surface area contributed by atoms with Gasteiger partial charge in [-0.25, -0.2) is 9.18 Å². The number of nitrogens with one attached hydrogen (secondary N) is 1. The molecule has 6 nitrogen and oxygen atoms in total. The number of rotatable bonds is 7. The third-order valence-electron chi connectivity index (χ3n) is 8.26. The highest BCUT2D eigenvalue weighted by Gasteiger charge is 2.53. The van der Waals surface area contributed by atoms with Crippen LogP contribution in [0.5, 0.6) is 0 Å². The Labute approximate surface area is 248 Å². The largest absolute Gasteiger partial charge is 0.445 e. The molecule has 10 heteroatoms. The van der Waals surface area contributed by atoms with Crippen LogP contribution in [-0.2, 0) is 27.1 Å². The fourth-order valence-corrected chi connectivity index (χ4v) is 6.28. The molecular formula is C33H34F4N2O4. The molecule has 0 aliphatic carbocycles. The highest BCUT2D eigenvalue weighted by Crippen LogP contribution is 2.45. The molecule has 2 heterocycles. The Balaban J connectivity index is 1.38. The summed E-state index contributed by atoms with van der Waals surface area (Å²) in [6.07, 6.45) is -6.05. The predicted molar refractivity (Wildman–Crippen MR) is 152 cm³/mol. The summed E-state index contributed by atoms with van der Waals surface area (Å²) in [6.45, 7) is 5.36. The van der Waals surface area contributed by atoms with Gasteiger partial charge in [0, 0.05) is 24.9 Å². The second-order valence-electron chi connectivity index (χ2n) is 11.8. The molecule has 1 N–H and O–H groups in total. The number of fused-ring (bicyclic) bond motifs is 1. The van der Waals surface area contributed by atoms with Gasteiger partial charge in [-0.05, 0) is 68.1 Å². The lowest BCUT2D eigenvalue weighted by Gasteiger charge is -2.43. The van der Waals surface area contributed by atoms with Gasteiger partial charge in [-0.3, -0.25) is 4.79 Å². The van der Waals surface area contributed by atoms with Crippen LogP contribution in [0.2, 0.25) is 0 Å². The number of carbonyl (C=O) groups is 2. The number of hydrogen-bond acceptors (Lipinski definition) is 4. The molecule has 2 fully saturated rings. The molecule has 2 unspecified atom stereocenters. The van der Waals surface area contributed by atoms with Gasteiger partial charge in [-0.1, -0.05) is 54.1 Å². The predicted octanol–water partition coefficient (Wildman–Crippen LogP) is 7.07. The lowest BCUT2D eigenvalue weighted by atomic mass is 9.78. The lowest BCUT2D eigenvalue weighted by Crippen LogP contribution is -2.58. The van der Waals surface area contributed by atoms with Crippen molar-refractivity contribution in [3.8, 4) is 0 Å². The molecule has 2 amide bonds. The van der Waals surface area contributed by atoms with E-state index in [0.717, 1.165) is 23.3 Å². The summed E-state index contributed by atoms with van der Waals surface area (Å²) in [7, 11) is 0. The maximum absolute atomic E-state index is 13.9. The number of carbonyl (C=O) groups excluding carboxylic acids is 2. The van der Waals surface area contributed by atoms with Crippen molar-refractivity contribution >= 4 is 12.0 Å². The topological polar surface area (TPSA) is 67.9 Å². The quantitative estimate of drug-likeness (QED) is 0.296. The standard InChI is InChI=1S/C33H34F4N2O4/c1-20-13-24(15-25(14-20)33(35,36)37)21(2)43-28-18-39-27(30(28)23-9-11-26(34)12-10-23)16-32(3,17-29(39)40)38-31(41)42-19-22-7-5-4-6-8-22/h4-15,21,27-28,30H,16-19H2,1-3H3,(H,38,41)/t21-,27?,28+,30+,32?/m1/s1. The molecule has 3 aromatic rings. The Morgan fingerprint density at radius 2 is 1.79 bits per heavy atom.